The minimum absolute atomic E-state index is 0.222. The van der Waals surface area contributed by atoms with Crippen LogP contribution in [0.1, 0.15) is 27.7 Å². The second-order valence-electron chi connectivity index (χ2n) is 4.41. The zero-order chi connectivity index (χ0) is 10.1. The fourth-order valence-corrected chi connectivity index (χ4v) is 1.16. The largest absolute Gasteiger partial charge is 0.444 e. The van der Waals surface area contributed by atoms with Gasteiger partial charge >= 0.3 is 6.09 Å². The monoisotopic (exact) mass is 183 g/mol. The molecule has 0 fully saturated rings. The van der Waals surface area contributed by atoms with Gasteiger partial charge in [-0.2, -0.15) is 0 Å². The molecule has 74 valence electrons. The molecule has 0 saturated heterocycles. The Balaban J connectivity index is 2.43. The van der Waals surface area contributed by atoms with Crippen molar-refractivity contribution in [3.05, 3.63) is 11.6 Å². The molecule has 0 aromatic heterocycles. The Morgan fingerprint density at radius 2 is 2.15 bits per heavy atom. The van der Waals surface area contributed by atoms with Crippen LogP contribution in [0.25, 0.3) is 0 Å². The number of hydrogen-bond donors (Lipinski definition) is 0. The maximum atomic E-state index is 11.5. The Labute approximate surface area is 79.4 Å². The van der Waals surface area contributed by atoms with Gasteiger partial charge in [-0.3, -0.25) is 0 Å². The highest BCUT2D eigenvalue weighted by Crippen LogP contribution is 2.14. The van der Waals surface area contributed by atoms with Crippen molar-refractivity contribution >= 4 is 6.09 Å². The number of rotatable bonds is 0. The lowest BCUT2D eigenvalue weighted by atomic mass is 10.2. The Hall–Kier alpha value is -0.990. The Bertz CT molecular complexity index is 238. The van der Waals surface area contributed by atoms with Crippen molar-refractivity contribution in [1.82, 2.24) is 4.90 Å². The lowest BCUT2D eigenvalue weighted by molar-refractivity contribution is 0.0301. The van der Waals surface area contributed by atoms with Crippen molar-refractivity contribution in [3.8, 4) is 0 Å². The van der Waals surface area contributed by atoms with E-state index in [1.165, 1.54) is 5.57 Å². The second kappa shape index (κ2) is 3.40. The molecule has 0 spiro atoms. The minimum atomic E-state index is -0.395. The molecule has 0 radical (unpaired) electrons. The molecular weight excluding hydrogens is 166 g/mol. The molecule has 3 nitrogen and oxygen atoms in total. The van der Waals surface area contributed by atoms with Crippen LogP contribution in [0.4, 0.5) is 4.79 Å². The van der Waals surface area contributed by atoms with Crippen LogP contribution in [-0.4, -0.2) is 29.7 Å². The Morgan fingerprint density at radius 3 is 2.54 bits per heavy atom. The molecule has 13 heavy (non-hydrogen) atoms. The first-order valence-electron chi connectivity index (χ1n) is 4.52. The molecule has 0 saturated carbocycles. The topological polar surface area (TPSA) is 29.5 Å². The highest BCUT2D eigenvalue weighted by atomic mass is 16.6. The summed E-state index contributed by atoms with van der Waals surface area (Å²) in [4.78, 5) is 13.2. The van der Waals surface area contributed by atoms with E-state index in [-0.39, 0.29) is 6.09 Å². The van der Waals surface area contributed by atoms with Gasteiger partial charge in [0, 0.05) is 13.1 Å². The van der Waals surface area contributed by atoms with Crippen LogP contribution in [0.2, 0.25) is 0 Å². The third-order valence-corrected chi connectivity index (χ3v) is 1.75. The molecule has 0 N–H and O–H groups in total. The first-order valence-corrected chi connectivity index (χ1v) is 4.52. The molecule has 0 bridgehead atoms. The van der Waals surface area contributed by atoms with E-state index in [9.17, 15) is 4.79 Å². The Morgan fingerprint density at radius 1 is 1.54 bits per heavy atom. The van der Waals surface area contributed by atoms with Gasteiger partial charge in [-0.25, -0.2) is 4.79 Å². The van der Waals surface area contributed by atoms with Gasteiger partial charge in [-0.05, 0) is 27.7 Å². The van der Waals surface area contributed by atoms with Gasteiger partial charge in [-0.1, -0.05) is 11.6 Å². The highest BCUT2D eigenvalue weighted by molar-refractivity contribution is 5.69. The van der Waals surface area contributed by atoms with E-state index in [1.54, 1.807) is 4.90 Å². The lowest BCUT2D eigenvalue weighted by Crippen LogP contribution is -2.35. The third kappa shape index (κ3) is 3.09. The summed E-state index contributed by atoms with van der Waals surface area (Å²) in [7, 11) is 0. The van der Waals surface area contributed by atoms with Crippen molar-refractivity contribution < 1.29 is 9.53 Å². The van der Waals surface area contributed by atoms with Gasteiger partial charge in [0.05, 0.1) is 0 Å². The first-order chi connectivity index (χ1) is 5.88. The van der Waals surface area contributed by atoms with Gasteiger partial charge in [0.15, 0.2) is 0 Å². The second-order valence-corrected chi connectivity index (χ2v) is 4.41. The quantitative estimate of drug-likeness (QED) is 0.539. The molecule has 1 amide bonds. The number of carbonyl (C=O) groups excluding carboxylic acids is 1. The van der Waals surface area contributed by atoms with Crippen LogP contribution in [0, 0.1) is 0 Å². The fourth-order valence-electron chi connectivity index (χ4n) is 1.16. The van der Waals surface area contributed by atoms with Crippen LogP contribution in [0.15, 0.2) is 11.6 Å². The molecule has 1 rings (SSSR count). The van der Waals surface area contributed by atoms with Crippen LogP contribution in [0.5, 0.6) is 0 Å². The predicted molar refractivity (Wildman–Crippen MR) is 51.6 cm³/mol. The first kappa shape index (κ1) is 10.1. The molecule has 1 aliphatic heterocycles. The Kier molecular flexibility index (Phi) is 2.64. The van der Waals surface area contributed by atoms with Crippen LogP contribution in [-0.2, 0) is 4.74 Å². The van der Waals surface area contributed by atoms with E-state index in [4.69, 9.17) is 4.74 Å². The zero-order valence-electron chi connectivity index (χ0n) is 8.76. The highest BCUT2D eigenvalue weighted by Gasteiger charge is 2.23. The summed E-state index contributed by atoms with van der Waals surface area (Å²) in [5, 5.41) is 0. The molecule has 1 heterocycles. The third-order valence-electron chi connectivity index (χ3n) is 1.75. The van der Waals surface area contributed by atoms with Crippen LogP contribution in [0.3, 0.4) is 0 Å². The smallest absolute Gasteiger partial charge is 0.410 e. The van der Waals surface area contributed by atoms with Crippen molar-refractivity contribution in [2.24, 2.45) is 0 Å². The standard InChI is InChI=1S/C10H17NO2/c1-8-5-6-11(7-8)9(12)13-10(2,3)4/h5H,6-7H2,1-4H3. The molecule has 0 atom stereocenters. The maximum Gasteiger partial charge on any atom is 0.410 e. The van der Waals surface area contributed by atoms with E-state index in [0.717, 1.165) is 0 Å². The lowest BCUT2D eigenvalue weighted by Gasteiger charge is -2.24. The van der Waals surface area contributed by atoms with Crippen molar-refractivity contribution in [2.45, 2.75) is 33.3 Å². The average Bonchev–Trinajstić information content (AvgIpc) is 2.31. The molecule has 0 aromatic carbocycles. The fraction of sp³-hybridized carbons (Fsp3) is 0.700. The molecule has 1 aliphatic rings. The van der Waals surface area contributed by atoms with Crippen molar-refractivity contribution in [2.75, 3.05) is 13.1 Å². The summed E-state index contributed by atoms with van der Waals surface area (Å²) < 4.78 is 5.22. The maximum absolute atomic E-state index is 11.5. The van der Waals surface area contributed by atoms with Gasteiger partial charge in [0.1, 0.15) is 5.60 Å². The number of carbonyl (C=O) groups is 1. The average molecular weight is 183 g/mol. The number of amides is 1. The van der Waals surface area contributed by atoms with Gasteiger partial charge < -0.3 is 9.64 Å². The summed E-state index contributed by atoms with van der Waals surface area (Å²) >= 11 is 0. The van der Waals surface area contributed by atoms with Crippen LogP contribution >= 0.6 is 0 Å². The van der Waals surface area contributed by atoms with Gasteiger partial charge in [0.2, 0.25) is 0 Å². The summed E-state index contributed by atoms with van der Waals surface area (Å²) in [6.45, 7) is 9.03. The van der Waals surface area contributed by atoms with E-state index >= 15 is 0 Å². The summed E-state index contributed by atoms with van der Waals surface area (Å²) in [5.41, 5.74) is 0.832. The molecule has 3 heteroatoms. The summed E-state index contributed by atoms with van der Waals surface area (Å²) in [6.07, 6.45) is 1.82. The van der Waals surface area contributed by atoms with E-state index < -0.39 is 5.60 Å². The normalized spacial score (nSPS) is 17.2. The van der Waals surface area contributed by atoms with E-state index in [1.807, 2.05) is 33.8 Å². The number of hydrogen-bond acceptors (Lipinski definition) is 2. The van der Waals surface area contributed by atoms with Crippen molar-refractivity contribution in [1.29, 1.82) is 0 Å². The zero-order valence-corrected chi connectivity index (χ0v) is 8.76. The molecule has 0 unspecified atom stereocenters. The van der Waals surface area contributed by atoms with Gasteiger partial charge in [0.25, 0.3) is 0 Å². The summed E-state index contributed by atoms with van der Waals surface area (Å²) in [6, 6.07) is 0. The van der Waals surface area contributed by atoms with Crippen LogP contribution < -0.4 is 0 Å². The minimum Gasteiger partial charge on any atom is -0.444 e. The number of nitrogens with zero attached hydrogens (tertiary/aromatic N) is 1. The molecular formula is C10H17NO2. The summed E-state index contributed by atoms with van der Waals surface area (Å²) in [5.74, 6) is 0. The van der Waals surface area contributed by atoms with Crippen molar-refractivity contribution in [3.63, 3.8) is 0 Å². The van der Waals surface area contributed by atoms with E-state index in [0.29, 0.717) is 13.1 Å². The molecule has 0 aliphatic carbocycles. The van der Waals surface area contributed by atoms with Gasteiger partial charge in [-0.15, -0.1) is 0 Å². The van der Waals surface area contributed by atoms with E-state index in [2.05, 4.69) is 0 Å². The predicted octanol–water partition coefficient (Wildman–Crippen LogP) is 2.18. The number of ether oxygens (including phenoxy) is 1. The molecule has 0 aromatic rings. The SMILES string of the molecule is CC1=CCN(C(=O)OC(C)(C)C)C1.